The molecule has 1 aromatic carbocycles. The van der Waals surface area contributed by atoms with Gasteiger partial charge in [0.25, 0.3) is 5.91 Å². The molecule has 1 aliphatic rings. The Bertz CT molecular complexity index is 2040. The maximum absolute atomic E-state index is 15.0. The molecule has 17 nitrogen and oxygen atoms in total. The van der Waals surface area contributed by atoms with Gasteiger partial charge in [-0.25, -0.2) is 9.67 Å². The summed E-state index contributed by atoms with van der Waals surface area (Å²) in [6, 6.07) is 4.72. The second kappa shape index (κ2) is 24.2. The minimum absolute atomic E-state index is 0.0597. The average Bonchev–Trinajstić information content (AvgIpc) is 3.92. The van der Waals surface area contributed by atoms with Gasteiger partial charge in [-0.05, 0) is 103 Å². The van der Waals surface area contributed by atoms with Crippen LogP contribution in [0.3, 0.4) is 0 Å². The molecule has 0 unspecified atom stereocenters. The Hall–Kier alpha value is -5.20. The summed E-state index contributed by atoms with van der Waals surface area (Å²) in [5, 5.41) is 35.5. The van der Waals surface area contributed by atoms with Crippen molar-refractivity contribution in [1.29, 1.82) is 0 Å². The lowest BCUT2D eigenvalue weighted by Gasteiger charge is -2.39. The van der Waals surface area contributed by atoms with Gasteiger partial charge in [-0.1, -0.05) is 56.2 Å². The lowest BCUT2D eigenvalue weighted by atomic mass is 9.84. The summed E-state index contributed by atoms with van der Waals surface area (Å²) >= 11 is 1.13. The number of carbonyl (C=O) groups is 5. The number of aryl methyl sites for hydroxylation is 1. The number of anilines is 1. The second-order valence-corrected chi connectivity index (χ2v) is 18.7. The summed E-state index contributed by atoms with van der Waals surface area (Å²) in [5.74, 6) is -2.78. The number of aromatic nitrogens is 4. The molecule has 18 heteroatoms. The summed E-state index contributed by atoms with van der Waals surface area (Å²) < 4.78 is 7.48. The van der Waals surface area contributed by atoms with E-state index in [9.17, 15) is 29.4 Å². The highest BCUT2D eigenvalue weighted by Gasteiger charge is 2.38. The van der Waals surface area contributed by atoms with Gasteiger partial charge in [0.1, 0.15) is 16.7 Å². The smallest absolute Gasteiger partial charge is 0.309 e. The Balaban J connectivity index is 1.63. The molecule has 4 rings (SSSR count). The molecular formula is C46H69N9O8S. The van der Waals surface area contributed by atoms with Crippen LogP contribution in [-0.2, 0) is 43.3 Å². The number of esters is 1. The molecule has 352 valence electrons. The molecule has 1 fully saturated rings. The lowest BCUT2D eigenvalue weighted by Crippen LogP contribution is -2.58. The number of unbranched alkanes of at least 4 members (excludes halogenated alkanes) is 1. The highest BCUT2D eigenvalue weighted by Crippen LogP contribution is 2.32. The summed E-state index contributed by atoms with van der Waals surface area (Å²) in [5.41, 5.74) is 7.62. The Labute approximate surface area is 381 Å². The minimum Gasteiger partial charge on any atom is -0.481 e. The van der Waals surface area contributed by atoms with E-state index in [1.54, 1.807) is 47.1 Å². The predicted octanol–water partition coefficient (Wildman–Crippen LogP) is 4.96. The third kappa shape index (κ3) is 14.9. The fourth-order valence-corrected chi connectivity index (χ4v) is 8.84. The largest absolute Gasteiger partial charge is 0.481 e. The molecule has 3 amide bonds. The van der Waals surface area contributed by atoms with Gasteiger partial charge >= 0.3 is 11.9 Å². The number of thiazole rings is 1. The van der Waals surface area contributed by atoms with Gasteiger partial charge in [-0.3, -0.25) is 28.9 Å². The van der Waals surface area contributed by atoms with Crippen LogP contribution >= 0.6 is 11.3 Å². The van der Waals surface area contributed by atoms with Gasteiger partial charge in [0.2, 0.25) is 11.8 Å². The number of aliphatic hydroxyl groups excluding tert-OH is 1. The molecule has 64 heavy (non-hydrogen) atoms. The zero-order valence-corrected chi connectivity index (χ0v) is 39.4. The van der Waals surface area contributed by atoms with Crippen molar-refractivity contribution in [2.45, 2.75) is 143 Å². The van der Waals surface area contributed by atoms with Gasteiger partial charge in [0, 0.05) is 43.2 Å². The van der Waals surface area contributed by atoms with E-state index in [0.717, 1.165) is 42.0 Å². The molecule has 1 saturated heterocycles. The number of likely N-dealkylation sites (N-methyl/N-ethyl adjacent to an activating group) is 1. The Morgan fingerprint density at radius 2 is 1.83 bits per heavy atom. The van der Waals surface area contributed by atoms with Crippen LogP contribution in [0.4, 0.5) is 5.69 Å². The number of nitrogens with zero attached hydrogens (tertiary/aromatic N) is 6. The molecule has 6 N–H and O–H groups in total. The van der Waals surface area contributed by atoms with E-state index in [2.05, 4.69) is 32.5 Å². The van der Waals surface area contributed by atoms with Crippen LogP contribution in [0.1, 0.15) is 126 Å². The van der Waals surface area contributed by atoms with E-state index in [-0.39, 0.29) is 55.5 Å². The lowest BCUT2D eigenvalue weighted by molar-refractivity contribution is -0.149. The number of rotatable bonds is 25. The number of benzene rings is 1. The van der Waals surface area contributed by atoms with Gasteiger partial charge in [-0.15, -0.1) is 16.4 Å². The third-order valence-electron chi connectivity index (χ3n) is 12.0. The standard InChI is InChI=1S/C46H69N9O8S/c1-9-30(4)40(50-42(59)37-15-11-12-20-53(37)8)44(60)55(21-13-10-14-34-27-54(22-23-56)52-51-34)38(29(2)3)25-39(63-31(5)57)43-49-36(28-64-43)41(58)48-35(26-46(6,7)45(61)62)24-32-16-18-33(47)19-17-32/h16-19,27-28,30,35,37-40,56H,2,9-15,20-26,47H2,1,3-8H3,(H,48,58)(H,50,59)(H,61,62)/t30-,35-,37+,38+,39+,40-/m0/s1. The number of aliphatic hydroxyl groups is 1. The molecule has 0 radical (unpaired) electrons. The van der Waals surface area contributed by atoms with Crippen molar-refractivity contribution in [2.24, 2.45) is 11.3 Å². The van der Waals surface area contributed by atoms with Gasteiger partial charge in [0.05, 0.1) is 36.3 Å². The van der Waals surface area contributed by atoms with E-state index in [1.165, 1.54) is 6.92 Å². The van der Waals surface area contributed by atoms with Crippen LogP contribution in [0, 0.1) is 11.3 Å². The van der Waals surface area contributed by atoms with Crippen LogP contribution in [0.15, 0.2) is 48.0 Å². The normalized spacial score (nSPS) is 16.8. The first kappa shape index (κ1) is 51.4. The number of carboxylic acids is 1. The Morgan fingerprint density at radius 1 is 1.11 bits per heavy atom. The van der Waals surface area contributed by atoms with E-state index >= 15 is 4.79 Å². The van der Waals surface area contributed by atoms with E-state index < -0.39 is 47.5 Å². The number of likely N-dealkylation sites (tertiary alicyclic amines) is 1. The number of nitrogen functional groups attached to an aromatic ring is 1. The van der Waals surface area contributed by atoms with Crippen molar-refractivity contribution in [2.75, 3.05) is 32.5 Å². The van der Waals surface area contributed by atoms with Crippen LogP contribution < -0.4 is 16.4 Å². The average molecular weight is 908 g/mol. The number of carboxylic acid groups (broad SMARTS) is 1. The molecule has 6 atom stereocenters. The fraction of sp³-hybridized carbons (Fsp3) is 0.609. The number of nitrogens with two attached hydrogens (primary N) is 1. The Morgan fingerprint density at radius 3 is 2.45 bits per heavy atom. The topological polar surface area (TPSA) is 235 Å². The summed E-state index contributed by atoms with van der Waals surface area (Å²) in [7, 11) is 1.93. The number of piperidine rings is 1. The highest BCUT2D eigenvalue weighted by molar-refractivity contribution is 7.09. The van der Waals surface area contributed by atoms with E-state index in [0.29, 0.717) is 61.3 Å². The number of aliphatic carboxylic acids is 1. The molecule has 3 aromatic rings. The van der Waals surface area contributed by atoms with E-state index in [4.69, 9.17) is 10.5 Å². The first-order valence-corrected chi connectivity index (χ1v) is 23.2. The maximum atomic E-state index is 15.0. The zero-order chi connectivity index (χ0) is 47.1. The number of hydrogen-bond acceptors (Lipinski definition) is 13. The third-order valence-corrected chi connectivity index (χ3v) is 12.9. The monoisotopic (exact) mass is 907 g/mol. The number of nitrogens with one attached hydrogen (secondary N) is 2. The molecule has 0 saturated carbocycles. The first-order valence-electron chi connectivity index (χ1n) is 22.3. The SMILES string of the molecule is C=C(C)[C@@H](C[C@@H](OC(C)=O)c1nc(C(=O)N[C@@H](Cc2ccc(N)cc2)CC(C)(C)C(=O)O)cs1)N(CCCCc1cn(CCO)nn1)C(=O)[C@@H](NC(=O)[C@H]1CCCCN1C)[C@@H](C)CC. The van der Waals surface area contributed by atoms with Crippen molar-refractivity contribution in [1.82, 2.24) is 40.4 Å². The van der Waals surface area contributed by atoms with Crippen molar-refractivity contribution < 1.29 is 38.9 Å². The summed E-state index contributed by atoms with van der Waals surface area (Å²) in [6.45, 7) is 15.9. The molecule has 2 aromatic heterocycles. The number of ether oxygens (including phenoxy) is 1. The van der Waals surface area contributed by atoms with Gasteiger partial charge in [-0.2, -0.15) is 0 Å². The summed E-state index contributed by atoms with van der Waals surface area (Å²) in [6.07, 6.45) is 6.41. The molecule has 0 spiro atoms. The molecule has 0 bridgehead atoms. The van der Waals surface area contributed by atoms with Crippen LogP contribution in [0.25, 0.3) is 0 Å². The molecule has 0 aliphatic carbocycles. The number of hydrogen-bond donors (Lipinski definition) is 5. The summed E-state index contributed by atoms with van der Waals surface area (Å²) in [4.78, 5) is 76.0. The van der Waals surface area contributed by atoms with Crippen molar-refractivity contribution in [3.63, 3.8) is 0 Å². The first-order chi connectivity index (χ1) is 30.3. The van der Waals surface area contributed by atoms with Crippen LogP contribution in [0.5, 0.6) is 0 Å². The predicted molar refractivity (Wildman–Crippen MR) is 245 cm³/mol. The molecule has 1 aliphatic heterocycles. The van der Waals surface area contributed by atoms with Crippen molar-refractivity contribution in [3.05, 3.63) is 70.0 Å². The fourth-order valence-electron chi connectivity index (χ4n) is 8.00. The van der Waals surface area contributed by atoms with Crippen molar-refractivity contribution >= 4 is 46.7 Å². The van der Waals surface area contributed by atoms with Crippen LogP contribution in [-0.4, -0.2) is 121 Å². The second-order valence-electron chi connectivity index (χ2n) is 17.8. The quantitative estimate of drug-likeness (QED) is 0.0328. The van der Waals surface area contributed by atoms with Gasteiger partial charge in [0.15, 0.2) is 6.10 Å². The van der Waals surface area contributed by atoms with Crippen LogP contribution in [0.2, 0.25) is 0 Å². The maximum Gasteiger partial charge on any atom is 0.309 e. The molecule has 3 heterocycles. The van der Waals surface area contributed by atoms with Gasteiger partial charge < -0.3 is 36.2 Å². The zero-order valence-electron chi connectivity index (χ0n) is 38.5. The highest BCUT2D eigenvalue weighted by atomic mass is 32.1. The molecular weight excluding hydrogens is 839 g/mol. The van der Waals surface area contributed by atoms with Crippen molar-refractivity contribution in [3.8, 4) is 0 Å². The minimum atomic E-state index is -1.15. The number of amides is 3. The Kier molecular flexibility index (Phi) is 19.4. The van der Waals surface area contributed by atoms with E-state index in [1.807, 2.05) is 44.9 Å². The number of carbonyl (C=O) groups excluding carboxylic acids is 4.